The number of nitrogens with two attached hydrogens (primary N) is 2. The molecular formula is C12H15N3O3. The fraction of sp³-hybridized carbons (Fsp3) is 0.167. The number of hydrogen-bond donors (Lipinski definition) is 3. The molecule has 5 N–H and O–H groups in total. The number of aldehydes is 1. The van der Waals surface area contributed by atoms with Crippen LogP contribution in [0.15, 0.2) is 30.9 Å². The summed E-state index contributed by atoms with van der Waals surface area (Å²) < 4.78 is 5.30. The van der Waals surface area contributed by atoms with Crippen LogP contribution in [0.1, 0.15) is 0 Å². The van der Waals surface area contributed by atoms with Crippen LogP contribution in [0.4, 0.5) is 11.4 Å². The topological polar surface area (TPSA) is 107 Å². The molecule has 0 radical (unpaired) electrons. The van der Waals surface area contributed by atoms with Gasteiger partial charge in [-0.2, -0.15) is 0 Å². The van der Waals surface area contributed by atoms with Gasteiger partial charge in [0.1, 0.15) is 5.75 Å². The summed E-state index contributed by atoms with van der Waals surface area (Å²) in [6.45, 7) is 3.41. The molecule has 0 unspecified atom stereocenters. The van der Waals surface area contributed by atoms with Gasteiger partial charge in [-0.1, -0.05) is 6.58 Å². The molecule has 1 amide bonds. The predicted octanol–water partition coefficient (Wildman–Crippen LogP) is 0.298. The number of nitrogen functional groups attached to an aromatic ring is 1. The van der Waals surface area contributed by atoms with Crippen LogP contribution in [0.2, 0.25) is 0 Å². The molecule has 1 aromatic rings. The van der Waals surface area contributed by atoms with Crippen molar-refractivity contribution >= 4 is 23.6 Å². The lowest BCUT2D eigenvalue weighted by molar-refractivity contribution is -0.113. The van der Waals surface area contributed by atoms with E-state index < -0.39 is 6.10 Å². The number of carbonyl (C=O) groups excluding carboxylic acids is 2. The fourth-order valence-corrected chi connectivity index (χ4v) is 1.21. The van der Waals surface area contributed by atoms with E-state index in [-0.39, 0.29) is 12.5 Å². The minimum Gasteiger partial charge on any atom is -0.482 e. The SMILES string of the molecule is C=CC(=O)Nc1cc(O[C@@H](C=O)CN)ccc1N. The summed E-state index contributed by atoms with van der Waals surface area (Å²) in [5.74, 6) is 0.00993. The minimum atomic E-state index is -0.725. The highest BCUT2D eigenvalue weighted by Gasteiger charge is 2.09. The first-order chi connectivity index (χ1) is 8.60. The van der Waals surface area contributed by atoms with E-state index in [9.17, 15) is 9.59 Å². The van der Waals surface area contributed by atoms with Crippen LogP contribution in [0.3, 0.4) is 0 Å². The minimum absolute atomic E-state index is 0.0717. The lowest BCUT2D eigenvalue weighted by Gasteiger charge is -2.13. The zero-order chi connectivity index (χ0) is 13.5. The summed E-state index contributed by atoms with van der Waals surface area (Å²) >= 11 is 0. The molecule has 0 bridgehead atoms. The van der Waals surface area contributed by atoms with Crippen LogP contribution in [0.25, 0.3) is 0 Å². The van der Waals surface area contributed by atoms with Crippen molar-refractivity contribution in [2.75, 3.05) is 17.6 Å². The van der Waals surface area contributed by atoms with Crippen LogP contribution in [0, 0.1) is 0 Å². The second kappa shape index (κ2) is 6.41. The third kappa shape index (κ3) is 3.60. The van der Waals surface area contributed by atoms with Crippen molar-refractivity contribution in [3.63, 3.8) is 0 Å². The third-order valence-electron chi connectivity index (χ3n) is 2.14. The first-order valence-electron chi connectivity index (χ1n) is 5.25. The smallest absolute Gasteiger partial charge is 0.247 e. The molecule has 0 aliphatic heterocycles. The van der Waals surface area contributed by atoms with Crippen molar-refractivity contribution in [2.24, 2.45) is 5.73 Å². The van der Waals surface area contributed by atoms with Gasteiger partial charge in [-0.15, -0.1) is 0 Å². The number of ether oxygens (including phenoxy) is 1. The Balaban J connectivity index is 2.89. The molecule has 0 heterocycles. The van der Waals surface area contributed by atoms with Gasteiger partial charge in [0.05, 0.1) is 11.4 Å². The van der Waals surface area contributed by atoms with Gasteiger partial charge in [0.2, 0.25) is 5.91 Å². The maximum absolute atomic E-state index is 11.2. The molecule has 0 aromatic heterocycles. The zero-order valence-electron chi connectivity index (χ0n) is 9.76. The lowest BCUT2D eigenvalue weighted by Crippen LogP contribution is -2.28. The quantitative estimate of drug-likeness (QED) is 0.382. The Labute approximate surface area is 105 Å². The molecule has 0 saturated carbocycles. The molecule has 6 heteroatoms. The van der Waals surface area contributed by atoms with E-state index >= 15 is 0 Å². The van der Waals surface area contributed by atoms with E-state index in [1.807, 2.05) is 0 Å². The number of hydrogen-bond acceptors (Lipinski definition) is 5. The number of carbonyl (C=O) groups is 2. The highest BCUT2D eigenvalue weighted by molar-refractivity contribution is 6.01. The van der Waals surface area contributed by atoms with Gasteiger partial charge in [-0.3, -0.25) is 9.59 Å². The Bertz CT molecular complexity index is 460. The van der Waals surface area contributed by atoms with Crippen molar-refractivity contribution in [3.05, 3.63) is 30.9 Å². The number of benzene rings is 1. The van der Waals surface area contributed by atoms with E-state index in [1.54, 1.807) is 12.1 Å². The zero-order valence-corrected chi connectivity index (χ0v) is 9.76. The molecule has 0 aliphatic carbocycles. The van der Waals surface area contributed by atoms with E-state index in [2.05, 4.69) is 11.9 Å². The molecule has 0 spiro atoms. The summed E-state index contributed by atoms with van der Waals surface area (Å²) in [7, 11) is 0. The van der Waals surface area contributed by atoms with Crippen LogP contribution in [-0.4, -0.2) is 24.8 Å². The highest BCUT2D eigenvalue weighted by Crippen LogP contribution is 2.25. The molecule has 6 nitrogen and oxygen atoms in total. The summed E-state index contributed by atoms with van der Waals surface area (Å²) in [5.41, 5.74) is 11.8. The number of rotatable bonds is 6. The molecule has 18 heavy (non-hydrogen) atoms. The Morgan fingerprint density at radius 1 is 1.56 bits per heavy atom. The Hall–Kier alpha value is -2.34. The monoisotopic (exact) mass is 249 g/mol. The van der Waals surface area contributed by atoms with E-state index in [1.165, 1.54) is 6.07 Å². The Morgan fingerprint density at radius 2 is 2.28 bits per heavy atom. The number of amides is 1. The predicted molar refractivity (Wildman–Crippen MR) is 69.2 cm³/mol. The molecular weight excluding hydrogens is 234 g/mol. The van der Waals surface area contributed by atoms with E-state index in [4.69, 9.17) is 16.2 Å². The van der Waals surface area contributed by atoms with Gasteiger partial charge in [0, 0.05) is 12.6 Å². The second-order valence-electron chi connectivity index (χ2n) is 3.47. The van der Waals surface area contributed by atoms with Gasteiger partial charge in [0.15, 0.2) is 12.4 Å². The van der Waals surface area contributed by atoms with E-state index in [0.29, 0.717) is 23.4 Å². The lowest BCUT2D eigenvalue weighted by atomic mass is 10.2. The molecule has 0 fully saturated rings. The van der Waals surface area contributed by atoms with Crippen LogP contribution < -0.4 is 21.5 Å². The average Bonchev–Trinajstić information content (AvgIpc) is 2.39. The van der Waals surface area contributed by atoms with Crippen LogP contribution in [0.5, 0.6) is 5.75 Å². The van der Waals surface area contributed by atoms with Crippen LogP contribution >= 0.6 is 0 Å². The summed E-state index contributed by atoms with van der Waals surface area (Å²) in [5, 5.41) is 2.53. The van der Waals surface area contributed by atoms with Crippen molar-refractivity contribution < 1.29 is 14.3 Å². The maximum Gasteiger partial charge on any atom is 0.247 e. The average molecular weight is 249 g/mol. The highest BCUT2D eigenvalue weighted by atomic mass is 16.5. The standard InChI is InChI=1S/C12H15N3O3/c1-2-12(17)15-11-5-8(3-4-10(11)14)18-9(6-13)7-16/h2-5,7,9H,1,6,13-14H2,(H,15,17)/t9-/m1/s1. The molecule has 1 atom stereocenters. The maximum atomic E-state index is 11.2. The van der Waals surface area contributed by atoms with Gasteiger partial charge in [-0.05, 0) is 18.2 Å². The second-order valence-corrected chi connectivity index (χ2v) is 3.47. The molecule has 0 aliphatic rings. The summed E-state index contributed by atoms with van der Waals surface area (Å²) in [6, 6.07) is 4.67. The van der Waals surface area contributed by atoms with Gasteiger partial charge in [-0.25, -0.2) is 0 Å². The summed E-state index contributed by atoms with van der Waals surface area (Å²) in [6.07, 6.45) is 1.01. The van der Waals surface area contributed by atoms with Crippen molar-refractivity contribution in [2.45, 2.75) is 6.10 Å². The van der Waals surface area contributed by atoms with Crippen molar-refractivity contribution in [3.8, 4) is 5.75 Å². The van der Waals surface area contributed by atoms with Gasteiger partial charge < -0.3 is 21.5 Å². The molecule has 0 saturated heterocycles. The van der Waals surface area contributed by atoms with Crippen LogP contribution in [-0.2, 0) is 9.59 Å². The van der Waals surface area contributed by atoms with Crippen molar-refractivity contribution in [1.29, 1.82) is 0 Å². The first kappa shape index (κ1) is 13.7. The molecule has 1 aromatic carbocycles. The Morgan fingerprint density at radius 3 is 2.83 bits per heavy atom. The van der Waals surface area contributed by atoms with E-state index in [0.717, 1.165) is 6.08 Å². The normalized spacial score (nSPS) is 11.4. The first-order valence-corrected chi connectivity index (χ1v) is 5.25. The summed E-state index contributed by atoms with van der Waals surface area (Å²) in [4.78, 5) is 21.8. The fourth-order valence-electron chi connectivity index (χ4n) is 1.21. The Kier molecular flexibility index (Phi) is 4.89. The van der Waals surface area contributed by atoms with Gasteiger partial charge in [0.25, 0.3) is 0 Å². The van der Waals surface area contributed by atoms with Crippen molar-refractivity contribution in [1.82, 2.24) is 0 Å². The molecule has 1 rings (SSSR count). The third-order valence-corrected chi connectivity index (χ3v) is 2.14. The number of anilines is 2. The largest absolute Gasteiger partial charge is 0.482 e. The number of nitrogens with one attached hydrogen (secondary N) is 1. The molecule has 96 valence electrons. The van der Waals surface area contributed by atoms with Gasteiger partial charge >= 0.3 is 0 Å².